The molecule has 0 bridgehead atoms. The third-order valence-corrected chi connectivity index (χ3v) is 4.49. The molecule has 1 heterocycles. The topological polar surface area (TPSA) is 80.1 Å². The molecule has 0 saturated heterocycles. The Morgan fingerprint density at radius 1 is 1.07 bits per heavy atom. The molecule has 0 saturated carbocycles. The van der Waals surface area contributed by atoms with Gasteiger partial charge in [-0.3, -0.25) is 13.9 Å². The number of aromatic nitrogens is 2. The average molecular weight is 394 g/mol. The molecular formula is C19H28ClN5O2. The number of rotatable bonds is 10. The van der Waals surface area contributed by atoms with Crippen LogP contribution in [0.3, 0.4) is 0 Å². The third-order valence-electron chi connectivity index (χ3n) is 4.24. The minimum Gasteiger partial charge on any atom is -0.373 e. The Bertz CT molecular complexity index is 858. The van der Waals surface area contributed by atoms with Crippen molar-refractivity contribution in [2.45, 2.75) is 46.2 Å². The van der Waals surface area contributed by atoms with Crippen molar-refractivity contribution >= 4 is 23.1 Å². The Hall–Kier alpha value is -2.25. The second-order valence-corrected chi connectivity index (χ2v) is 6.84. The fourth-order valence-electron chi connectivity index (χ4n) is 2.70. The summed E-state index contributed by atoms with van der Waals surface area (Å²) in [5.74, 6) is 0.433. The molecule has 0 radical (unpaired) electrons. The highest BCUT2D eigenvalue weighted by Gasteiger charge is 2.17. The molecule has 0 unspecified atom stereocenters. The van der Waals surface area contributed by atoms with Crippen molar-refractivity contribution in [1.82, 2.24) is 14.6 Å². The molecule has 3 N–H and O–H groups in total. The molecule has 0 aliphatic carbocycles. The van der Waals surface area contributed by atoms with Crippen molar-refractivity contribution in [3.63, 3.8) is 0 Å². The number of hydrazine groups is 1. The molecule has 2 rings (SSSR count). The normalized spacial score (nSPS) is 10.8. The van der Waals surface area contributed by atoms with Crippen LogP contribution in [0.25, 0.3) is 0 Å². The van der Waals surface area contributed by atoms with Crippen molar-refractivity contribution in [3.8, 4) is 0 Å². The van der Waals surface area contributed by atoms with E-state index >= 15 is 0 Å². The van der Waals surface area contributed by atoms with E-state index in [1.165, 1.54) is 9.13 Å². The first-order valence-corrected chi connectivity index (χ1v) is 9.68. The van der Waals surface area contributed by atoms with Gasteiger partial charge in [-0.1, -0.05) is 44.0 Å². The number of hydrogen-bond donors (Lipinski definition) is 3. The fraction of sp³-hybridized carbons (Fsp3) is 0.474. The van der Waals surface area contributed by atoms with Crippen molar-refractivity contribution in [1.29, 1.82) is 0 Å². The summed E-state index contributed by atoms with van der Waals surface area (Å²) in [6.45, 7) is 5.60. The molecule has 0 spiro atoms. The number of anilines is 2. The molecule has 1 aromatic carbocycles. The van der Waals surface area contributed by atoms with Gasteiger partial charge in [-0.25, -0.2) is 10.2 Å². The molecule has 0 amide bonds. The van der Waals surface area contributed by atoms with Gasteiger partial charge >= 0.3 is 5.69 Å². The highest BCUT2D eigenvalue weighted by molar-refractivity contribution is 6.30. The maximum absolute atomic E-state index is 12.9. The first kappa shape index (κ1) is 21.1. The van der Waals surface area contributed by atoms with Crippen LogP contribution in [0.15, 0.2) is 33.9 Å². The summed E-state index contributed by atoms with van der Waals surface area (Å²) in [4.78, 5) is 25.5. The van der Waals surface area contributed by atoms with E-state index in [1.54, 1.807) is 19.2 Å². The summed E-state index contributed by atoms with van der Waals surface area (Å²) in [7, 11) is 1.66. The molecular weight excluding hydrogens is 366 g/mol. The zero-order valence-electron chi connectivity index (χ0n) is 16.1. The largest absolute Gasteiger partial charge is 0.373 e. The summed E-state index contributed by atoms with van der Waals surface area (Å²) in [5, 5.41) is 3.85. The summed E-state index contributed by atoms with van der Waals surface area (Å²) >= 11 is 5.93. The van der Waals surface area contributed by atoms with Gasteiger partial charge in [0.1, 0.15) is 5.69 Å². The van der Waals surface area contributed by atoms with Crippen LogP contribution in [0.1, 0.15) is 38.7 Å². The Morgan fingerprint density at radius 3 is 2.41 bits per heavy atom. The molecule has 7 nitrogen and oxygen atoms in total. The lowest BCUT2D eigenvalue weighted by atomic mass is 10.2. The molecule has 0 fully saturated rings. The van der Waals surface area contributed by atoms with Gasteiger partial charge in [0.25, 0.3) is 5.56 Å². The van der Waals surface area contributed by atoms with Gasteiger partial charge in [-0.2, -0.15) is 0 Å². The van der Waals surface area contributed by atoms with Crippen molar-refractivity contribution < 1.29 is 0 Å². The van der Waals surface area contributed by atoms with E-state index < -0.39 is 0 Å². The molecule has 2 aromatic rings. The number of nitrogens with one attached hydrogen (secondary N) is 3. The number of unbranched alkanes of at least 4 members (excludes halogenated alkanes) is 1. The van der Waals surface area contributed by atoms with Crippen molar-refractivity contribution in [2.24, 2.45) is 7.05 Å². The van der Waals surface area contributed by atoms with Crippen LogP contribution in [-0.4, -0.2) is 15.7 Å². The van der Waals surface area contributed by atoms with E-state index in [4.69, 9.17) is 11.6 Å². The van der Waals surface area contributed by atoms with E-state index in [-0.39, 0.29) is 11.2 Å². The van der Waals surface area contributed by atoms with Crippen LogP contribution in [-0.2, 0) is 20.1 Å². The zero-order chi connectivity index (χ0) is 19.8. The lowest BCUT2D eigenvalue weighted by molar-refractivity contribution is 0.581. The molecule has 148 valence electrons. The van der Waals surface area contributed by atoms with Crippen LogP contribution < -0.4 is 27.4 Å². The average Bonchev–Trinajstić information content (AvgIpc) is 2.67. The summed E-state index contributed by atoms with van der Waals surface area (Å²) in [5.41, 5.74) is 6.80. The fourth-order valence-corrected chi connectivity index (χ4v) is 2.82. The lowest BCUT2D eigenvalue weighted by Crippen LogP contribution is -2.42. The summed E-state index contributed by atoms with van der Waals surface area (Å²) in [6.07, 6.45) is 2.74. The molecule has 0 aliphatic heterocycles. The first-order valence-electron chi connectivity index (χ1n) is 9.30. The SMILES string of the molecule is CCCCNNc1c(NCc2ccc(Cl)cc2)c(=O)n(CCC)c(=O)n1C. The van der Waals surface area contributed by atoms with Crippen LogP contribution in [0.2, 0.25) is 5.02 Å². The van der Waals surface area contributed by atoms with Crippen molar-refractivity contribution in [2.75, 3.05) is 17.3 Å². The predicted molar refractivity (Wildman–Crippen MR) is 112 cm³/mol. The van der Waals surface area contributed by atoms with Gasteiger partial charge in [-0.15, -0.1) is 0 Å². The molecule has 27 heavy (non-hydrogen) atoms. The Labute approximate surface area is 164 Å². The maximum atomic E-state index is 12.9. The standard InChI is InChI=1S/C19H28ClN5O2/c1-4-6-11-22-23-17-16(21-13-14-7-9-15(20)10-8-14)18(26)25(12-5-2)19(27)24(17)3/h7-10,21-23H,4-6,11-13H2,1-3H3. The minimum atomic E-state index is -0.335. The second-order valence-electron chi connectivity index (χ2n) is 6.41. The Morgan fingerprint density at radius 2 is 1.78 bits per heavy atom. The van der Waals surface area contributed by atoms with Gasteiger partial charge in [0, 0.05) is 31.7 Å². The third kappa shape index (κ3) is 5.37. The monoisotopic (exact) mass is 393 g/mol. The number of hydrogen-bond acceptors (Lipinski definition) is 5. The summed E-state index contributed by atoms with van der Waals surface area (Å²) < 4.78 is 2.72. The molecule has 1 aromatic heterocycles. The molecule has 0 atom stereocenters. The number of benzene rings is 1. The Balaban J connectivity index is 2.35. The number of halogens is 1. The second kappa shape index (κ2) is 10.2. The molecule has 0 aliphatic rings. The molecule has 8 heteroatoms. The summed E-state index contributed by atoms with van der Waals surface area (Å²) in [6, 6.07) is 7.41. The van der Waals surface area contributed by atoms with E-state index in [1.807, 2.05) is 19.1 Å². The van der Waals surface area contributed by atoms with Crippen LogP contribution in [0.4, 0.5) is 11.5 Å². The van der Waals surface area contributed by atoms with Crippen LogP contribution in [0, 0.1) is 0 Å². The quantitative estimate of drug-likeness (QED) is 0.427. The highest BCUT2D eigenvalue weighted by Crippen LogP contribution is 2.16. The van der Waals surface area contributed by atoms with Gasteiger partial charge in [0.05, 0.1) is 0 Å². The lowest BCUT2D eigenvalue weighted by Gasteiger charge is -2.19. The number of nitrogens with zero attached hydrogens (tertiary/aromatic N) is 2. The van der Waals surface area contributed by atoms with E-state index in [2.05, 4.69) is 23.1 Å². The van der Waals surface area contributed by atoms with E-state index in [0.717, 1.165) is 24.9 Å². The highest BCUT2D eigenvalue weighted by atomic mass is 35.5. The predicted octanol–water partition coefficient (Wildman–Crippen LogP) is 2.94. The van der Waals surface area contributed by atoms with E-state index in [9.17, 15) is 9.59 Å². The van der Waals surface area contributed by atoms with Gasteiger partial charge in [0.2, 0.25) is 0 Å². The first-order chi connectivity index (χ1) is 13.0. The van der Waals surface area contributed by atoms with Crippen LogP contribution in [0.5, 0.6) is 0 Å². The van der Waals surface area contributed by atoms with Gasteiger partial charge < -0.3 is 10.7 Å². The van der Waals surface area contributed by atoms with Crippen molar-refractivity contribution in [3.05, 3.63) is 55.7 Å². The smallest absolute Gasteiger partial charge is 0.332 e. The minimum absolute atomic E-state index is 0.325. The van der Waals surface area contributed by atoms with Gasteiger partial charge in [-0.05, 0) is 30.5 Å². The van der Waals surface area contributed by atoms with Crippen LogP contribution >= 0.6 is 11.6 Å². The zero-order valence-corrected chi connectivity index (χ0v) is 16.9. The van der Waals surface area contributed by atoms with E-state index in [0.29, 0.717) is 36.0 Å². The Kier molecular flexibility index (Phi) is 7.94. The van der Waals surface area contributed by atoms with Gasteiger partial charge in [0.15, 0.2) is 5.82 Å². The maximum Gasteiger partial charge on any atom is 0.332 e.